The van der Waals surface area contributed by atoms with Crippen LogP contribution in [0.1, 0.15) is 25.1 Å². The largest absolute Gasteiger partial charge is 0.490 e. The van der Waals surface area contributed by atoms with Crippen molar-refractivity contribution in [3.63, 3.8) is 0 Å². The summed E-state index contributed by atoms with van der Waals surface area (Å²) in [4.78, 5) is 26.7. The fourth-order valence-corrected chi connectivity index (χ4v) is 3.22. The van der Waals surface area contributed by atoms with Gasteiger partial charge in [-0.2, -0.15) is 5.10 Å². The number of benzene rings is 1. The summed E-state index contributed by atoms with van der Waals surface area (Å²) >= 11 is 4.76. The molecule has 2 rings (SSSR count). The fourth-order valence-electron chi connectivity index (χ4n) is 2.14. The zero-order valence-electron chi connectivity index (χ0n) is 15.9. The molecule has 3 N–H and O–H groups in total. The van der Waals surface area contributed by atoms with Crippen LogP contribution in [0.4, 0.5) is 5.13 Å². The maximum atomic E-state index is 11.5. The van der Waals surface area contributed by atoms with E-state index in [2.05, 4.69) is 31.4 Å². The topological polar surface area (TPSA) is 125 Å². The predicted octanol–water partition coefficient (Wildman–Crippen LogP) is 2.72. The standard InChI is InChI=1S/C18H21BrN4O5S/c1-3-26-14-5-11(13(19)7-15(14)28-9-16(20)24)8-21-23-18-22-12(10-29-18)6-17(25)27-4-2/h5,7-8,10H,3-4,6,9H2,1-2H3,(H2,20,24)(H,22,23). The molecule has 1 aromatic heterocycles. The van der Waals surface area contributed by atoms with Crippen molar-refractivity contribution in [3.05, 3.63) is 33.2 Å². The molecule has 0 fully saturated rings. The Morgan fingerprint density at radius 2 is 2.03 bits per heavy atom. The molecule has 1 amide bonds. The summed E-state index contributed by atoms with van der Waals surface area (Å²) in [5.74, 6) is -0.0430. The Morgan fingerprint density at radius 3 is 2.72 bits per heavy atom. The molecule has 29 heavy (non-hydrogen) atoms. The number of rotatable bonds is 11. The van der Waals surface area contributed by atoms with E-state index in [1.54, 1.807) is 30.7 Å². The SMILES string of the molecule is CCOC(=O)Cc1csc(NN=Cc2cc(OCC)c(OCC(N)=O)cc2Br)n1. The summed E-state index contributed by atoms with van der Waals surface area (Å²) < 4.78 is 16.5. The van der Waals surface area contributed by atoms with Gasteiger partial charge in [-0.25, -0.2) is 4.98 Å². The molecular weight excluding hydrogens is 464 g/mol. The van der Waals surface area contributed by atoms with Crippen LogP contribution in [0, 0.1) is 0 Å². The summed E-state index contributed by atoms with van der Waals surface area (Å²) in [5.41, 5.74) is 9.27. The van der Waals surface area contributed by atoms with Crippen LogP contribution in [0.25, 0.3) is 0 Å². The van der Waals surface area contributed by atoms with Crippen molar-refractivity contribution < 1.29 is 23.8 Å². The van der Waals surface area contributed by atoms with Crippen LogP contribution in [0.5, 0.6) is 11.5 Å². The van der Waals surface area contributed by atoms with E-state index in [-0.39, 0.29) is 19.0 Å². The highest BCUT2D eigenvalue weighted by molar-refractivity contribution is 9.10. The lowest BCUT2D eigenvalue weighted by Crippen LogP contribution is -2.20. The molecule has 9 nitrogen and oxygen atoms in total. The normalized spacial score (nSPS) is 10.7. The van der Waals surface area contributed by atoms with Crippen LogP contribution in [0.15, 0.2) is 27.1 Å². The van der Waals surface area contributed by atoms with Gasteiger partial charge in [0.15, 0.2) is 18.1 Å². The summed E-state index contributed by atoms with van der Waals surface area (Å²) in [6.07, 6.45) is 1.70. The van der Waals surface area contributed by atoms with E-state index in [0.717, 1.165) is 5.56 Å². The van der Waals surface area contributed by atoms with Crippen LogP contribution < -0.4 is 20.6 Å². The first-order chi connectivity index (χ1) is 13.9. The van der Waals surface area contributed by atoms with Gasteiger partial charge in [0.1, 0.15) is 0 Å². The Labute approximate surface area is 180 Å². The molecule has 1 aromatic carbocycles. The van der Waals surface area contributed by atoms with Gasteiger partial charge >= 0.3 is 5.97 Å². The number of nitrogens with one attached hydrogen (secondary N) is 1. The Kier molecular flexibility index (Phi) is 8.87. The Hall–Kier alpha value is -2.66. The average molecular weight is 485 g/mol. The third-order valence-corrected chi connectivity index (χ3v) is 4.76. The lowest BCUT2D eigenvalue weighted by molar-refractivity contribution is -0.142. The van der Waals surface area contributed by atoms with E-state index in [0.29, 0.717) is 40.0 Å². The minimum atomic E-state index is -0.579. The number of hydrazone groups is 1. The highest BCUT2D eigenvalue weighted by atomic mass is 79.9. The molecule has 2 aromatic rings. The van der Waals surface area contributed by atoms with Gasteiger partial charge in [-0.1, -0.05) is 0 Å². The highest BCUT2D eigenvalue weighted by Gasteiger charge is 2.11. The maximum absolute atomic E-state index is 11.5. The van der Waals surface area contributed by atoms with Crippen molar-refractivity contribution in [3.8, 4) is 11.5 Å². The third kappa shape index (κ3) is 7.35. The van der Waals surface area contributed by atoms with E-state index in [1.807, 2.05) is 6.92 Å². The van der Waals surface area contributed by atoms with Crippen LogP contribution in [0.2, 0.25) is 0 Å². The molecule has 1 heterocycles. The van der Waals surface area contributed by atoms with Crippen molar-refractivity contribution in [2.24, 2.45) is 10.8 Å². The van der Waals surface area contributed by atoms with Crippen molar-refractivity contribution in [1.82, 2.24) is 4.98 Å². The number of carbonyl (C=O) groups is 2. The van der Waals surface area contributed by atoms with E-state index >= 15 is 0 Å². The van der Waals surface area contributed by atoms with Gasteiger partial charge in [0.05, 0.1) is 31.5 Å². The number of hydrogen-bond acceptors (Lipinski definition) is 9. The van der Waals surface area contributed by atoms with Crippen LogP contribution in [-0.4, -0.2) is 42.9 Å². The maximum Gasteiger partial charge on any atom is 0.311 e. The van der Waals surface area contributed by atoms with Crippen LogP contribution >= 0.6 is 27.3 Å². The molecule has 0 unspecified atom stereocenters. The molecule has 0 spiro atoms. The third-order valence-electron chi connectivity index (χ3n) is 3.28. The van der Waals surface area contributed by atoms with Crippen molar-refractivity contribution in [2.45, 2.75) is 20.3 Å². The highest BCUT2D eigenvalue weighted by Crippen LogP contribution is 2.33. The number of nitrogens with two attached hydrogens (primary N) is 1. The minimum Gasteiger partial charge on any atom is -0.490 e. The van der Waals surface area contributed by atoms with E-state index in [9.17, 15) is 9.59 Å². The zero-order chi connectivity index (χ0) is 21.2. The first kappa shape index (κ1) is 22.6. The van der Waals surface area contributed by atoms with Crippen LogP contribution in [0.3, 0.4) is 0 Å². The van der Waals surface area contributed by atoms with Gasteiger partial charge in [-0.05, 0) is 41.9 Å². The van der Waals surface area contributed by atoms with E-state index in [4.69, 9.17) is 19.9 Å². The van der Waals surface area contributed by atoms with Crippen molar-refractivity contribution in [2.75, 3.05) is 25.2 Å². The smallest absolute Gasteiger partial charge is 0.311 e. The number of amides is 1. The number of hydrogen-bond donors (Lipinski definition) is 2. The number of esters is 1. The number of thiazole rings is 1. The van der Waals surface area contributed by atoms with Crippen LogP contribution in [-0.2, 0) is 20.7 Å². The first-order valence-corrected chi connectivity index (χ1v) is 10.4. The quantitative estimate of drug-likeness (QED) is 0.285. The Morgan fingerprint density at radius 1 is 1.28 bits per heavy atom. The fraction of sp³-hybridized carbons (Fsp3) is 0.333. The number of carbonyl (C=O) groups excluding carboxylic acids is 2. The minimum absolute atomic E-state index is 0.117. The van der Waals surface area contributed by atoms with E-state index in [1.165, 1.54) is 11.3 Å². The summed E-state index contributed by atoms with van der Waals surface area (Å²) in [5, 5.41) is 6.47. The van der Waals surface area contributed by atoms with Gasteiger partial charge < -0.3 is 19.9 Å². The number of ether oxygens (including phenoxy) is 3. The molecule has 0 aliphatic rings. The van der Waals surface area contributed by atoms with E-state index < -0.39 is 5.91 Å². The lowest BCUT2D eigenvalue weighted by atomic mass is 10.2. The molecule has 0 aliphatic carbocycles. The summed E-state index contributed by atoms with van der Waals surface area (Å²) in [6, 6.07) is 3.40. The van der Waals surface area contributed by atoms with Gasteiger partial charge in [0.25, 0.3) is 5.91 Å². The van der Waals surface area contributed by atoms with Crippen molar-refractivity contribution >= 4 is 50.5 Å². The number of primary amides is 1. The summed E-state index contributed by atoms with van der Waals surface area (Å²) in [7, 11) is 0. The van der Waals surface area contributed by atoms with Gasteiger partial charge in [-0.3, -0.25) is 15.0 Å². The molecule has 0 bridgehead atoms. The predicted molar refractivity (Wildman–Crippen MR) is 114 cm³/mol. The second kappa shape index (κ2) is 11.4. The lowest BCUT2D eigenvalue weighted by Gasteiger charge is -2.12. The molecule has 0 atom stereocenters. The summed E-state index contributed by atoms with van der Waals surface area (Å²) in [6.45, 7) is 4.10. The van der Waals surface area contributed by atoms with Gasteiger partial charge in [0.2, 0.25) is 5.13 Å². The molecular formula is C18H21BrN4O5S. The number of halogens is 1. The Bertz CT molecular complexity index is 887. The molecule has 0 saturated carbocycles. The number of nitrogens with zero attached hydrogens (tertiary/aromatic N) is 2. The second-order valence-electron chi connectivity index (χ2n) is 5.50. The molecule has 0 saturated heterocycles. The van der Waals surface area contributed by atoms with Gasteiger partial charge in [0, 0.05) is 15.4 Å². The van der Waals surface area contributed by atoms with Crippen molar-refractivity contribution in [1.29, 1.82) is 0 Å². The Balaban J connectivity index is 2.06. The molecule has 0 aliphatic heterocycles. The zero-order valence-corrected chi connectivity index (χ0v) is 18.3. The molecule has 11 heteroatoms. The molecule has 156 valence electrons. The van der Waals surface area contributed by atoms with Gasteiger partial charge in [-0.15, -0.1) is 11.3 Å². The first-order valence-electron chi connectivity index (χ1n) is 8.69. The average Bonchev–Trinajstić information content (AvgIpc) is 3.10. The molecule has 0 radical (unpaired) electrons. The second-order valence-corrected chi connectivity index (χ2v) is 7.22. The monoisotopic (exact) mass is 484 g/mol. The number of aromatic nitrogens is 1. The number of anilines is 1.